The Morgan fingerprint density at radius 3 is 1.48 bits per heavy atom. The standard InChI is InChI=1S/C21H24O2/c1-18-6-10-20(11-7-18)16-22-14-4-3-5-15-23-17-21-12-8-19(2)9-13-21/h4-13H,14-17H2,1-2H3. The van der Waals surface area contributed by atoms with E-state index < -0.39 is 0 Å². The SMILES string of the molecule is Cc1ccc(COCC=C=CCOCc2ccc(C)cc2)cc1. The fraction of sp³-hybridized carbons (Fsp3) is 0.286. The van der Waals surface area contributed by atoms with Crippen molar-refractivity contribution in [2.45, 2.75) is 27.1 Å². The third-order valence-electron chi connectivity index (χ3n) is 3.42. The van der Waals surface area contributed by atoms with Crippen LogP contribution in [0.4, 0.5) is 0 Å². The Labute approximate surface area is 139 Å². The lowest BCUT2D eigenvalue weighted by Gasteiger charge is -2.01. The van der Waals surface area contributed by atoms with Crippen molar-refractivity contribution in [2.75, 3.05) is 13.2 Å². The van der Waals surface area contributed by atoms with Crippen molar-refractivity contribution in [1.82, 2.24) is 0 Å². The molecule has 0 unspecified atom stereocenters. The normalized spacial score (nSPS) is 10.2. The summed E-state index contributed by atoms with van der Waals surface area (Å²) in [5, 5.41) is 0. The first kappa shape index (κ1) is 17.2. The van der Waals surface area contributed by atoms with E-state index in [1.165, 1.54) is 22.3 Å². The van der Waals surface area contributed by atoms with Gasteiger partial charge in [0.2, 0.25) is 0 Å². The van der Waals surface area contributed by atoms with E-state index in [1.54, 1.807) is 0 Å². The van der Waals surface area contributed by atoms with Gasteiger partial charge in [-0.25, -0.2) is 0 Å². The highest BCUT2D eigenvalue weighted by atomic mass is 16.5. The molecule has 0 spiro atoms. The summed E-state index contributed by atoms with van der Waals surface area (Å²) >= 11 is 0. The molecule has 0 saturated heterocycles. The molecule has 0 amide bonds. The van der Waals surface area contributed by atoms with Crippen LogP contribution in [0.2, 0.25) is 0 Å². The molecular formula is C21H24O2. The highest BCUT2D eigenvalue weighted by Gasteiger charge is 1.92. The first-order valence-corrected chi connectivity index (χ1v) is 7.90. The van der Waals surface area contributed by atoms with Gasteiger partial charge in [-0.15, -0.1) is 5.73 Å². The molecule has 0 heterocycles. The number of rotatable bonds is 8. The molecule has 0 aliphatic rings. The van der Waals surface area contributed by atoms with Crippen LogP contribution in [0.15, 0.2) is 66.4 Å². The Morgan fingerprint density at radius 1 is 0.696 bits per heavy atom. The predicted molar refractivity (Wildman–Crippen MR) is 94.3 cm³/mol. The van der Waals surface area contributed by atoms with Crippen LogP contribution in [0, 0.1) is 13.8 Å². The summed E-state index contributed by atoms with van der Waals surface area (Å²) < 4.78 is 11.1. The van der Waals surface area contributed by atoms with E-state index in [4.69, 9.17) is 9.47 Å². The number of hydrogen-bond donors (Lipinski definition) is 0. The van der Waals surface area contributed by atoms with Gasteiger partial charge >= 0.3 is 0 Å². The molecule has 2 rings (SSSR count). The molecule has 23 heavy (non-hydrogen) atoms. The second kappa shape index (κ2) is 9.81. The summed E-state index contributed by atoms with van der Waals surface area (Å²) in [6.07, 6.45) is 3.76. The smallest absolute Gasteiger partial charge is 0.0725 e. The molecule has 0 saturated carbocycles. The van der Waals surface area contributed by atoms with E-state index in [1.807, 2.05) is 12.2 Å². The minimum Gasteiger partial charge on any atom is -0.372 e. The van der Waals surface area contributed by atoms with Crippen LogP contribution >= 0.6 is 0 Å². The molecule has 0 atom stereocenters. The maximum absolute atomic E-state index is 5.57. The number of ether oxygens (including phenoxy) is 2. The zero-order valence-corrected chi connectivity index (χ0v) is 13.9. The Hall–Kier alpha value is -2.12. The van der Waals surface area contributed by atoms with E-state index in [2.05, 4.69) is 68.1 Å². The Bertz CT molecular complexity index is 577. The Kier molecular flexibility index (Phi) is 7.35. The lowest BCUT2D eigenvalue weighted by Crippen LogP contribution is -1.93. The quantitative estimate of drug-likeness (QED) is 0.517. The van der Waals surface area contributed by atoms with Gasteiger partial charge in [0.25, 0.3) is 0 Å². The molecule has 2 nitrogen and oxygen atoms in total. The molecule has 0 aromatic heterocycles. The van der Waals surface area contributed by atoms with Crippen LogP contribution in [0.5, 0.6) is 0 Å². The van der Waals surface area contributed by atoms with E-state index in [-0.39, 0.29) is 0 Å². The van der Waals surface area contributed by atoms with Gasteiger partial charge in [0.05, 0.1) is 26.4 Å². The average Bonchev–Trinajstić information content (AvgIpc) is 2.56. The third kappa shape index (κ3) is 7.12. The van der Waals surface area contributed by atoms with Crippen LogP contribution in [-0.4, -0.2) is 13.2 Å². The minimum atomic E-state index is 0.558. The maximum Gasteiger partial charge on any atom is 0.0725 e. The van der Waals surface area contributed by atoms with Gasteiger partial charge < -0.3 is 9.47 Å². The zero-order chi connectivity index (χ0) is 16.3. The molecule has 0 radical (unpaired) electrons. The summed E-state index contributed by atoms with van der Waals surface area (Å²) in [5.41, 5.74) is 7.99. The van der Waals surface area contributed by atoms with Crippen LogP contribution in [-0.2, 0) is 22.7 Å². The number of benzene rings is 2. The summed E-state index contributed by atoms with van der Waals surface area (Å²) in [5.74, 6) is 0. The summed E-state index contributed by atoms with van der Waals surface area (Å²) in [6.45, 7) is 6.54. The average molecular weight is 308 g/mol. The second-order valence-corrected chi connectivity index (χ2v) is 5.58. The molecular weight excluding hydrogens is 284 g/mol. The monoisotopic (exact) mass is 308 g/mol. The first-order chi connectivity index (χ1) is 11.2. The minimum absolute atomic E-state index is 0.558. The molecule has 0 aliphatic heterocycles. The van der Waals surface area contributed by atoms with Crippen molar-refractivity contribution in [3.63, 3.8) is 0 Å². The van der Waals surface area contributed by atoms with Gasteiger partial charge in [0.15, 0.2) is 0 Å². The topological polar surface area (TPSA) is 18.5 Å². The molecule has 0 N–H and O–H groups in total. The summed E-state index contributed by atoms with van der Waals surface area (Å²) in [4.78, 5) is 0. The van der Waals surface area contributed by atoms with Gasteiger partial charge in [0, 0.05) is 0 Å². The predicted octanol–water partition coefficient (Wildman–Crippen LogP) is 4.75. The van der Waals surface area contributed by atoms with Crippen molar-refractivity contribution in [3.05, 3.63) is 88.7 Å². The molecule has 120 valence electrons. The number of hydrogen-bond acceptors (Lipinski definition) is 2. The fourth-order valence-corrected chi connectivity index (χ4v) is 2.02. The van der Waals surface area contributed by atoms with E-state index in [9.17, 15) is 0 Å². The molecule has 0 fully saturated rings. The molecule has 2 aromatic rings. The van der Waals surface area contributed by atoms with Gasteiger partial charge in [-0.2, -0.15) is 0 Å². The van der Waals surface area contributed by atoms with Gasteiger partial charge in [0.1, 0.15) is 0 Å². The lowest BCUT2D eigenvalue weighted by atomic mass is 10.2. The van der Waals surface area contributed by atoms with Crippen molar-refractivity contribution < 1.29 is 9.47 Å². The van der Waals surface area contributed by atoms with Gasteiger partial charge in [-0.3, -0.25) is 0 Å². The first-order valence-electron chi connectivity index (χ1n) is 7.90. The highest BCUT2D eigenvalue weighted by molar-refractivity contribution is 5.21. The Morgan fingerprint density at radius 2 is 1.09 bits per heavy atom. The summed E-state index contributed by atoms with van der Waals surface area (Å²) in [7, 11) is 0. The lowest BCUT2D eigenvalue weighted by molar-refractivity contribution is 0.147. The van der Waals surface area contributed by atoms with Crippen molar-refractivity contribution in [3.8, 4) is 0 Å². The number of aryl methyl sites for hydroxylation is 2. The van der Waals surface area contributed by atoms with Crippen LogP contribution in [0.1, 0.15) is 22.3 Å². The molecule has 2 heteroatoms. The van der Waals surface area contributed by atoms with Crippen molar-refractivity contribution in [1.29, 1.82) is 0 Å². The van der Waals surface area contributed by atoms with E-state index >= 15 is 0 Å². The molecule has 0 bridgehead atoms. The van der Waals surface area contributed by atoms with Crippen LogP contribution in [0.3, 0.4) is 0 Å². The van der Waals surface area contributed by atoms with Gasteiger partial charge in [-0.05, 0) is 37.1 Å². The second-order valence-electron chi connectivity index (χ2n) is 5.58. The molecule has 2 aromatic carbocycles. The van der Waals surface area contributed by atoms with E-state index in [0.717, 1.165) is 0 Å². The van der Waals surface area contributed by atoms with Gasteiger partial charge in [-0.1, -0.05) is 59.7 Å². The van der Waals surface area contributed by atoms with E-state index in [0.29, 0.717) is 26.4 Å². The fourth-order valence-electron chi connectivity index (χ4n) is 2.02. The van der Waals surface area contributed by atoms with Crippen molar-refractivity contribution >= 4 is 0 Å². The largest absolute Gasteiger partial charge is 0.372 e. The third-order valence-corrected chi connectivity index (χ3v) is 3.42. The molecule has 0 aliphatic carbocycles. The van der Waals surface area contributed by atoms with Crippen molar-refractivity contribution in [2.24, 2.45) is 0 Å². The zero-order valence-electron chi connectivity index (χ0n) is 13.9. The summed E-state index contributed by atoms with van der Waals surface area (Å²) in [6, 6.07) is 16.8. The highest BCUT2D eigenvalue weighted by Crippen LogP contribution is 2.05. The maximum atomic E-state index is 5.57. The van der Waals surface area contributed by atoms with Crippen LogP contribution < -0.4 is 0 Å². The Balaban J connectivity index is 1.57. The van der Waals surface area contributed by atoms with Crippen LogP contribution in [0.25, 0.3) is 0 Å².